The molecule has 0 saturated heterocycles. The summed E-state index contributed by atoms with van der Waals surface area (Å²) in [5, 5.41) is 2.89. The SMILES string of the molecule is CC(/C=C/S(F)(F)(F)(F)F)C1CC(c2ccccc2)=NO1. The van der Waals surface area contributed by atoms with Crippen LogP contribution >= 0.6 is 10.2 Å². The van der Waals surface area contributed by atoms with Crippen molar-refractivity contribution in [1.29, 1.82) is 0 Å². The van der Waals surface area contributed by atoms with Gasteiger partial charge in [0, 0.05) is 12.3 Å². The fraction of sp³-hybridized carbons (Fsp3) is 0.308. The molecule has 2 unspecified atom stereocenters. The molecular weight excluding hydrogens is 313 g/mol. The Morgan fingerprint density at radius 3 is 2.38 bits per heavy atom. The van der Waals surface area contributed by atoms with Gasteiger partial charge in [-0.1, -0.05) is 67.9 Å². The highest BCUT2D eigenvalue weighted by Crippen LogP contribution is 2.99. The van der Waals surface area contributed by atoms with Crippen molar-refractivity contribution in [1.82, 2.24) is 0 Å². The van der Waals surface area contributed by atoms with Crippen molar-refractivity contribution in [3.63, 3.8) is 0 Å². The van der Waals surface area contributed by atoms with Gasteiger partial charge in [0.1, 0.15) is 6.10 Å². The van der Waals surface area contributed by atoms with Crippen molar-refractivity contribution < 1.29 is 24.3 Å². The fourth-order valence-electron chi connectivity index (χ4n) is 1.88. The number of hydrogen-bond acceptors (Lipinski definition) is 2. The van der Waals surface area contributed by atoms with Crippen molar-refractivity contribution in [2.24, 2.45) is 11.1 Å². The maximum atomic E-state index is 12.2. The largest absolute Gasteiger partial charge is 0.391 e. The van der Waals surface area contributed by atoms with E-state index in [0.29, 0.717) is 11.8 Å². The molecule has 1 aromatic carbocycles. The van der Waals surface area contributed by atoms with Gasteiger partial charge in [0.05, 0.1) is 11.1 Å². The fourth-order valence-corrected chi connectivity index (χ4v) is 2.42. The molecule has 2 nitrogen and oxygen atoms in total. The predicted octanol–water partition coefficient (Wildman–Crippen LogP) is 5.63. The highest BCUT2D eigenvalue weighted by atomic mass is 32.5. The number of hydrogen-bond donors (Lipinski definition) is 0. The van der Waals surface area contributed by atoms with Crippen LogP contribution in [-0.4, -0.2) is 11.8 Å². The summed E-state index contributed by atoms with van der Waals surface area (Å²) in [7, 11) is -9.52. The summed E-state index contributed by atoms with van der Waals surface area (Å²) in [5.41, 5.74) is 1.39. The van der Waals surface area contributed by atoms with Crippen molar-refractivity contribution in [3.05, 3.63) is 47.4 Å². The van der Waals surface area contributed by atoms with E-state index in [9.17, 15) is 19.4 Å². The van der Waals surface area contributed by atoms with Crippen LogP contribution in [0, 0.1) is 5.92 Å². The number of nitrogens with zero attached hydrogens (tertiary/aromatic N) is 1. The molecule has 8 heteroatoms. The molecule has 1 aliphatic heterocycles. The van der Waals surface area contributed by atoms with Crippen LogP contribution in [0.1, 0.15) is 18.9 Å². The molecule has 118 valence electrons. The molecule has 0 fully saturated rings. The van der Waals surface area contributed by atoms with Gasteiger partial charge in [-0.15, -0.1) is 0 Å². The average molecular weight is 327 g/mol. The lowest BCUT2D eigenvalue weighted by Gasteiger charge is -2.37. The van der Waals surface area contributed by atoms with E-state index in [2.05, 4.69) is 5.16 Å². The lowest BCUT2D eigenvalue weighted by molar-refractivity contribution is 0.0604. The summed E-state index contributed by atoms with van der Waals surface area (Å²) in [5.74, 6) is -0.835. The Morgan fingerprint density at radius 1 is 1.19 bits per heavy atom. The monoisotopic (exact) mass is 327 g/mol. The molecule has 0 aliphatic carbocycles. The van der Waals surface area contributed by atoms with Crippen molar-refractivity contribution in [2.45, 2.75) is 19.4 Å². The first-order valence-electron chi connectivity index (χ1n) is 6.15. The third-order valence-electron chi connectivity index (χ3n) is 3.03. The number of oxime groups is 1. The Kier molecular flexibility index (Phi) is 3.36. The Morgan fingerprint density at radius 2 is 1.81 bits per heavy atom. The normalized spacial score (nSPS) is 24.1. The number of halogens is 5. The third-order valence-corrected chi connectivity index (χ3v) is 3.70. The molecule has 0 saturated carbocycles. The van der Waals surface area contributed by atoms with Gasteiger partial charge >= 0.3 is 10.2 Å². The summed E-state index contributed by atoms with van der Waals surface area (Å²) < 4.78 is 61.2. The second-order valence-electron chi connectivity index (χ2n) is 4.97. The molecule has 0 aromatic heterocycles. The van der Waals surface area contributed by atoms with Crippen LogP contribution in [-0.2, 0) is 4.84 Å². The van der Waals surface area contributed by atoms with Crippen LogP contribution in [0.5, 0.6) is 0 Å². The van der Waals surface area contributed by atoms with Gasteiger partial charge in [0.2, 0.25) is 0 Å². The Hall–Kier alpha value is -1.57. The van der Waals surface area contributed by atoms with Crippen molar-refractivity contribution in [3.8, 4) is 0 Å². The zero-order valence-electron chi connectivity index (χ0n) is 11.1. The second-order valence-corrected chi connectivity index (χ2v) is 7.30. The molecule has 21 heavy (non-hydrogen) atoms. The van der Waals surface area contributed by atoms with Gasteiger partial charge < -0.3 is 4.84 Å². The van der Waals surface area contributed by atoms with Gasteiger partial charge in [-0.3, -0.25) is 0 Å². The van der Waals surface area contributed by atoms with Gasteiger partial charge in [-0.05, 0) is 5.56 Å². The van der Waals surface area contributed by atoms with E-state index in [-0.39, 0.29) is 6.42 Å². The molecular formula is C13H14F5NOS. The van der Waals surface area contributed by atoms with Gasteiger partial charge in [-0.25, -0.2) is 0 Å². The van der Waals surface area contributed by atoms with Gasteiger partial charge in [-0.2, -0.15) is 0 Å². The smallest absolute Gasteiger partial charge is 0.304 e. The standard InChI is InChI=1S/C13H14F5NOS/c1-10(7-8-21(14,15,16,17)18)13-9-12(19-20-13)11-5-3-2-4-6-11/h2-8,10,13H,9H2,1H3/b8-7+. The highest BCUT2D eigenvalue weighted by Gasteiger charge is 2.60. The molecule has 1 aromatic rings. The van der Waals surface area contributed by atoms with Crippen molar-refractivity contribution in [2.75, 3.05) is 0 Å². The summed E-state index contributed by atoms with van der Waals surface area (Å²) >= 11 is 0. The number of benzene rings is 1. The topological polar surface area (TPSA) is 21.6 Å². The summed E-state index contributed by atoms with van der Waals surface area (Å²) in [6.45, 7) is 1.38. The zero-order valence-corrected chi connectivity index (χ0v) is 11.9. The molecule has 2 rings (SSSR count). The highest BCUT2D eigenvalue weighted by molar-refractivity contribution is 8.48. The van der Waals surface area contributed by atoms with Gasteiger partial charge in [0.25, 0.3) is 0 Å². The molecule has 1 aliphatic rings. The van der Waals surface area contributed by atoms with Crippen LogP contribution in [0.3, 0.4) is 0 Å². The van der Waals surface area contributed by atoms with E-state index >= 15 is 0 Å². The molecule has 0 bridgehead atoms. The second kappa shape index (κ2) is 4.46. The van der Waals surface area contributed by atoms with Crippen LogP contribution in [0.4, 0.5) is 19.4 Å². The molecule has 0 amide bonds. The maximum absolute atomic E-state index is 12.2. The quantitative estimate of drug-likeness (QED) is 0.657. The number of rotatable bonds is 4. The van der Waals surface area contributed by atoms with Crippen LogP contribution in [0.2, 0.25) is 0 Å². The minimum atomic E-state index is -9.52. The molecule has 0 spiro atoms. The van der Waals surface area contributed by atoms with E-state index in [1.807, 2.05) is 6.07 Å². The minimum Gasteiger partial charge on any atom is -0.391 e. The summed E-state index contributed by atoms with van der Waals surface area (Å²) in [6.07, 6.45) is 0.0299. The Bertz CT molecular complexity index is 581. The van der Waals surface area contributed by atoms with Gasteiger partial charge in [0.15, 0.2) is 0 Å². The average Bonchev–Trinajstić information content (AvgIpc) is 2.84. The Labute approximate surface area is 119 Å². The molecule has 0 radical (unpaired) electrons. The first-order chi connectivity index (χ1) is 9.43. The summed E-state index contributed by atoms with van der Waals surface area (Å²) in [4.78, 5) is 5.05. The van der Waals surface area contributed by atoms with Crippen LogP contribution < -0.4 is 0 Å². The molecule has 2 atom stereocenters. The van der Waals surface area contributed by atoms with Crippen molar-refractivity contribution >= 4 is 15.9 Å². The van der Waals surface area contributed by atoms with E-state index in [1.54, 1.807) is 24.3 Å². The maximum Gasteiger partial charge on any atom is 0.304 e. The lowest BCUT2D eigenvalue weighted by atomic mass is 9.97. The Balaban J connectivity index is 2.03. The first kappa shape index (κ1) is 15.8. The van der Waals surface area contributed by atoms with E-state index < -0.39 is 27.7 Å². The van der Waals surface area contributed by atoms with E-state index in [1.165, 1.54) is 6.92 Å². The van der Waals surface area contributed by atoms with Crippen LogP contribution in [0.25, 0.3) is 0 Å². The van der Waals surface area contributed by atoms with E-state index in [4.69, 9.17) is 4.84 Å². The van der Waals surface area contributed by atoms with Crippen LogP contribution in [0.15, 0.2) is 47.0 Å². The minimum absolute atomic E-state index is 0.274. The zero-order chi connectivity index (χ0) is 15.8. The molecule has 1 heterocycles. The third kappa shape index (κ3) is 5.04. The lowest BCUT2D eigenvalue weighted by Crippen LogP contribution is -2.17. The van der Waals surface area contributed by atoms with E-state index in [0.717, 1.165) is 5.56 Å². The first-order valence-corrected chi connectivity index (χ1v) is 8.16. The summed E-state index contributed by atoms with van der Waals surface area (Å²) in [6, 6.07) is 8.99. The predicted molar refractivity (Wildman–Crippen MR) is 73.9 cm³/mol. The molecule has 0 N–H and O–H groups in total.